The van der Waals surface area contributed by atoms with Crippen molar-refractivity contribution < 1.29 is 9.18 Å². The van der Waals surface area contributed by atoms with E-state index < -0.39 is 5.82 Å². The van der Waals surface area contributed by atoms with E-state index in [4.69, 9.17) is 5.26 Å². The van der Waals surface area contributed by atoms with Gasteiger partial charge in [-0.1, -0.05) is 0 Å². The molecule has 0 aliphatic rings. The molecule has 1 N–H and O–H groups in total. The second-order valence-electron chi connectivity index (χ2n) is 3.84. The minimum Gasteiger partial charge on any atom is -0.360 e. The Labute approximate surface area is 120 Å². The summed E-state index contributed by atoms with van der Waals surface area (Å²) < 4.78 is 14.3. The van der Waals surface area contributed by atoms with E-state index in [-0.39, 0.29) is 22.5 Å². The van der Waals surface area contributed by atoms with Crippen LogP contribution in [0.3, 0.4) is 0 Å². The van der Waals surface area contributed by atoms with E-state index in [1.165, 1.54) is 12.1 Å². The lowest BCUT2D eigenvalue weighted by molar-refractivity contribution is -0.119. The first-order valence-electron chi connectivity index (χ1n) is 5.94. The third-order valence-corrected chi connectivity index (χ3v) is 3.39. The summed E-state index contributed by atoms with van der Waals surface area (Å²) in [7, 11) is 0. The number of rotatable bonds is 5. The van der Waals surface area contributed by atoms with E-state index >= 15 is 0 Å². The maximum atomic E-state index is 14.2. The Morgan fingerprint density at radius 3 is 2.74 bits per heavy atom. The predicted molar refractivity (Wildman–Crippen MR) is 75.4 cm³/mol. The summed E-state index contributed by atoms with van der Waals surface area (Å²) in [6.07, 6.45) is 0. The van der Waals surface area contributed by atoms with Crippen LogP contribution in [0.25, 0.3) is 0 Å². The van der Waals surface area contributed by atoms with Crippen molar-refractivity contribution in [3.05, 3.63) is 28.0 Å². The molecule has 0 aliphatic carbocycles. The molecule has 4 nitrogen and oxygen atoms in total. The fourth-order valence-electron chi connectivity index (χ4n) is 1.66. The van der Waals surface area contributed by atoms with Gasteiger partial charge in [-0.15, -0.1) is 0 Å². The molecule has 0 aliphatic heterocycles. The Hall–Kier alpha value is -1.61. The molecule has 1 rings (SSSR count). The van der Waals surface area contributed by atoms with E-state index in [1.54, 1.807) is 4.90 Å². The number of hydrogen-bond acceptors (Lipinski definition) is 3. The fraction of sp³-hybridized carbons (Fsp3) is 0.385. The third kappa shape index (κ3) is 3.67. The van der Waals surface area contributed by atoms with Gasteiger partial charge in [-0.25, -0.2) is 4.39 Å². The number of hydrogen-bond donors (Lipinski definition) is 1. The number of halogens is 2. The molecule has 1 aromatic rings. The second kappa shape index (κ2) is 7.10. The predicted octanol–water partition coefficient (Wildman–Crippen LogP) is 2.42. The van der Waals surface area contributed by atoms with Crippen molar-refractivity contribution in [3.63, 3.8) is 0 Å². The molecule has 0 saturated heterocycles. The van der Waals surface area contributed by atoms with Crippen molar-refractivity contribution in [1.82, 2.24) is 5.32 Å². The van der Waals surface area contributed by atoms with Crippen LogP contribution in [0.1, 0.15) is 19.4 Å². The molecule has 1 aromatic carbocycles. The number of likely N-dealkylation sites (N-methyl/N-ethyl adjacent to an activating group) is 2. The van der Waals surface area contributed by atoms with Crippen molar-refractivity contribution in [3.8, 4) is 6.07 Å². The zero-order chi connectivity index (χ0) is 14.4. The maximum absolute atomic E-state index is 14.2. The van der Waals surface area contributed by atoms with Crippen molar-refractivity contribution in [2.75, 3.05) is 24.5 Å². The molecule has 6 heteroatoms. The summed E-state index contributed by atoms with van der Waals surface area (Å²) in [4.78, 5) is 13.2. The lowest BCUT2D eigenvalue weighted by Gasteiger charge is -2.23. The Balaban J connectivity index is 3.03. The van der Waals surface area contributed by atoms with Crippen molar-refractivity contribution in [1.29, 1.82) is 5.26 Å². The van der Waals surface area contributed by atoms with Gasteiger partial charge in [-0.3, -0.25) is 4.79 Å². The van der Waals surface area contributed by atoms with Gasteiger partial charge in [-0.05, 0) is 41.9 Å². The fourth-order valence-corrected chi connectivity index (χ4v) is 2.09. The molecule has 0 radical (unpaired) electrons. The Kier molecular flexibility index (Phi) is 5.77. The van der Waals surface area contributed by atoms with Crippen molar-refractivity contribution >= 4 is 27.5 Å². The molecule has 19 heavy (non-hydrogen) atoms. The number of nitrogens with zero attached hydrogens (tertiary/aromatic N) is 2. The molecule has 0 aromatic heterocycles. The zero-order valence-corrected chi connectivity index (χ0v) is 12.4. The number of nitrogens with one attached hydrogen (secondary N) is 1. The SMILES string of the molecule is CCNC(=O)CN(CC)c1ccc(C#N)c(Br)c1F. The van der Waals surface area contributed by atoms with E-state index in [0.717, 1.165) is 0 Å². The van der Waals surface area contributed by atoms with E-state index in [1.807, 2.05) is 19.9 Å². The second-order valence-corrected chi connectivity index (χ2v) is 4.63. The first-order valence-corrected chi connectivity index (χ1v) is 6.74. The Morgan fingerprint density at radius 1 is 1.53 bits per heavy atom. The highest BCUT2D eigenvalue weighted by molar-refractivity contribution is 9.10. The van der Waals surface area contributed by atoms with E-state index in [9.17, 15) is 9.18 Å². The van der Waals surface area contributed by atoms with Crippen LogP contribution in [0.4, 0.5) is 10.1 Å². The normalized spacial score (nSPS) is 9.84. The van der Waals surface area contributed by atoms with Crippen LogP contribution in [0.15, 0.2) is 16.6 Å². The summed E-state index contributed by atoms with van der Waals surface area (Å²) in [5.41, 5.74) is 0.537. The minimum absolute atomic E-state index is 0.0829. The van der Waals surface area contributed by atoms with Crippen LogP contribution < -0.4 is 10.2 Å². The summed E-state index contributed by atoms with van der Waals surface area (Å²) in [6, 6.07) is 4.94. The van der Waals surface area contributed by atoms with Crippen LogP contribution in [0, 0.1) is 17.1 Å². The highest BCUT2D eigenvalue weighted by Crippen LogP contribution is 2.28. The molecule has 0 unspecified atom stereocenters. The van der Waals surface area contributed by atoms with Gasteiger partial charge in [0.15, 0.2) is 5.82 Å². The summed E-state index contributed by atoms with van der Waals surface area (Å²) in [5.74, 6) is -0.686. The molecule has 1 amide bonds. The quantitative estimate of drug-likeness (QED) is 0.903. The molecule has 102 valence electrons. The van der Waals surface area contributed by atoms with Gasteiger partial charge >= 0.3 is 0 Å². The molecule has 0 heterocycles. The molecule has 0 atom stereocenters. The number of amides is 1. The van der Waals surface area contributed by atoms with Crippen molar-refractivity contribution in [2.45, 2.75) is 13.8 Å². The van der Waals surface area contributed by atoms with Gasteiger partial charge in [0.05, 0.1) is 22.3 Å². The van der Waals surface area contributed by atoms with Crippen LogP contribution in [-0.2, 0) is 4.79 Å². The average molecular weight is 328 g/mol. The third-order valence-electron chi connectivity index (χ3n) is 2.61. The summed E-state index contributed by atoms with van der Waals surface area (Å²) in [5, 5.41) is 11.5. The first-order chi connectivity index (χ1) is 9.04. The summed E-state index contributed by atoms with van der Waals surface area (Å²) in [6.45, 7) is 4.78. The topological polar surface area (TPSA) is 56.1 Å². The van der Waals surface area contributed by atoms with Gasteiger partial charge in [0.1, 0.15) is 6.07 Å². The molecular formula is C13H15BrFN3O. The average Bonchev–Trinajstić information content (AvgIpc) is 2.40. The lowest BCUT2D eigenvalue weighted by Crippen LogP contribution is -2.37. The molecule has 0 saturated carbocycles. The molecule has 0 fully saturated rings. The monoisotopic (exact) mass is 327 g/mol. The highest BCUT2D eigenvalue weighted by atomic mass is 79.9. The number of carbonyl (C=O) groups is 1. The standard InChI is InChI=1S/C13H15BrFN3O/c1-3-17-11(19)8-18(4-2)10-6-5-9(7-16)12(14)13(10)15/h5-6H,3-4,8H2,1-2H3,(H,17,19). The van der Waals surface area contributed by atoms with Gasteiger partial charge in [0.2, 0.25) is 5.91 Å². The lowest BCUT2D eigenvalue weighted by atomic mass is 10.2. The largest absolute Gasteiger partial charge is 0.360 e. The van der Waals surface area contributed by atoms with Crippen molar-refractivity contribution in [2.24, 2.45) is 0 Å². The van der Waals surface area contributed by atoms with Crippen LogP contribution in [-0.4, -0.2) is 25.5 Å². The Morgan fingerprint density at radius 2 is 2.21 bits per heavy atom. The Bertz CT molecular complexity index is 513. The first kappa shape index (κ1) is 15.4. The van der Waals surface area contributed by atoms with Gasteiger partial charge < -0.3 is 10.2 Å². The number of nitriles is 1. The number of anilines is 1. The van der Waals surface area contributed by atoms with Crippen LogP contribution >= 0.6 is 15.9 Å². The number of carbonyl (C=O) groups excluding carboxylic acids is 1. The van der Waals surface area contributed by atoms with Crippen LogP contribution in [0.2, 0.25) is 0 Å². The summed E-state index contributed by atoms with van der Waals surface area (Å²) >= 11 is 3.06. The van der Waals surface area contributed by atoms with Gasteiger partial charge in [0.25, 0.3) is 0 Å². The van der Waals surface area contributed by atoms with Gasteiger partial charge in [-0.2, -0.15) is 5.26 Å². The number of benzene rings is 1. The highest BCUT2D eigenvalue weighted by Gasteiger charge is 2.17. The van der Waals surface area contributed by atoms with Crippen LogP contribution in [0.5, 0.6) is 0 Å². The van der Waals surface area contributed by atoms with E-state index in [0.29, 0.717) is 18.8 Å². The minimum atomic E-state index is -0.523. The van der Waals surface area contributed by atoms with E-state index in [2.05, 4.69) is 21.2 Å². The zero-order valence-electron chi connectivity index (χ0n) is 10.8. The maximum Gasteiger partial charge on any atom is 0.239 e. The molecule has 0 spiro atoms. The smallest absolute Gasteiger partial charge is 0.239 e. The molecular weight excluding hydrogens is 313 g/mol. The molecule has 0 bridgehead atoms. The van der Waals surface area contributed by atoms with Gasteiger partial charge in [0, 0.05) is 13.1 Å².